The molecule has 2 saturated carbocycles. The maximum atomic E-state index is 11.2. The summed E-state index contributed by atoms with van der Waals surface area (Å²) in [6, 6.07) is 3.31. The number of carbonyl (C=O) groups is 1. The highest BCUT2D eigenvalue weighted by molar-refractivity contribution is 5.93. The third-order valence-electron chi connectivity index (χ3n) is 4.77. The van der Waals surface area contributed by atoms with Crippen LogP contribution in [0.25, 0.3) is 0 Å². The second-order valence-electron chi connectivity index (χ2n) is 6.00. The van der Waals surface area contributed by atoms with Crippen molar-refractivity contribution in [1.82, 2.24) is 4.98 Å². The Bertz CT molecular complexity index is 489. The lowest BCUT2D eigenvalue weighted by Crippen LogP contribution is -2.30. The SMILES string of the molecule is CN(CC1CC2CCC1C2)c1ncccc1C(=O)O. The van der Waals surface area contributed by atoms with Gasteiger partial charge in [-0.1, -0.05) is 6.42 Å². The number of anilines is 1. The third kappa shape index (κ3) is 2.31. The maximum absolute atomic E-state index is 11.2. The standard InChI is InChI=1S/C15H20N2O2/c1-17(9-12-8-10-4-5-11(12)7-10)14-13(15(18)19)3-2-6-16-14/h2-3,6,10-12H,4-5,7-9H2,1H3,(H,18,19). The molecule has 0 aromatic carbocycles. The van der Waals surface area contributed by atoms with Gasteiger partial charge in [-0.2, -0.15) is 0 Å². The topological polar surface area (TPSA) is 53.4 Å². The van der Waals surface area contributed by atoms with Gasteiger partial charge in [0, 0.05) is 19.8 Å². The smallest absolute Gasteiger partial charge is 0.339 e. The number of aromatic carboxylic acids is 1. The highest BCUT2D eigenvalue weighted by Crippen LogP contribution is 2.48. The second-order valence-corrected chi connectivity index (χ2v) is 6.00. The Kier molecular flexibility index (Phi) is 3.17. The Labute approximate surface area is 113 Å². The highest BCUT2D eigenvalue weighted by atomic mass is 16.4. The second kappa shape index (κ2) is 4.83. The normalized spacial score (nSPS) is 28.6. The predicted octanol–water partition coefficient (Wildman–Crippen LogP) is 2.65. The van der Waals surface area contributed by atoms with Crippen molar-refractivity contribution in [1.29, 1.82) is 0 Å². The lowest BCUT2D eigenvalue weighted by atomic mass is 9.88. The molecule has 2 aliphatic carbocycles. The zero-order chi connectivity index (χ0) is 13.4. The first-order valence-corrected chi connectivity index (χ1v) is 7.04. The van der Waals surface area contributed by atoms with Crippen LogP contribution in [0, 0.1) is 17.8 Å². The van der Waals surface area contributed by atoms with Gasteiger partial charge >= 0.3 is 5.97 Å². The third-order valence-corrected chi connectivity index (χ3v) is 4.77. The minimum absolute atomic E-state index is 0.299. The first-order chi connectivity index (χ1) is 9.15. The molecule has 1 N–H and O–H groups in total. The van der Waals surface area contributed by atoms with Crippen LogP contribution in [-0.2, 0) is 0 Å². The largest absolute Gasteiger partial charge is 0.478 e. The lowest BCUT2D eigenvalue weighted by Gasteiger charge is -2.28. The van der Waals surface area contributed by atoms with E-state index >= 15 is 0 Å². The summed E-state index contributed by atoms with van der Waals surface area (Å²) in [5, 5.41) is 9.21. The first kappa shape index (κ1) is 12.5. The van der Waals surface area contributed by atoms with Crippen LogP contribution in [0.1, 0.15) is 36.0 Å². The molecule has 1 aromatic heterocycles. The number of nitrogens with zero attached hydrogens (tertiary/aromatic N) is 2. The van der Waals surface area contributed by atoms with Crippen molar-refractivity contribution >= 4 is 11.8 Å². The number of rotatable bonds is 4. The van der Waals surface area contributed by atoms with Crippen LogP contribution in [0.15, 0.2) is 18.3 Å². The summed E-state index contributed by atoms with van der Waals surface area (Å²) in [7, 11) is 1.96. The highest BCUT2D eigenvalue weighted by Gasteiger charge is 2.39. The van der Waals surface area contributed by atoms with Gasteiger partial charge in [0.1, 0.15) is 11.4 Å². The molecule has 0 saturated heterocycles. The Balaban J connectivity index is 1.74. The fraction of sp³-hybridized carbons (Fsp3) is 0.600. The molecule has 1 heterocycles. The summed E-state index contributed by atoms with van der Waals surface area (Å²) in [5.74, 6) is 2.18. The first-order valence-electron chi connectivity index (χ1n) is 7.04. The summed E-state index contributed by atoms with van der Waals surface area (Å²) in [5.41, 5.74) is 0.299. The van der Waals surface area contributed by atoms with Gasteiger partial charge in [0.25, 0.3) is 0 Å². The average Bonchev–Trinajstić information content (AvgIpc) is 3.01. The van der Waals surface area contributed by atoms with Gasteiger partial charge in [0.2, 0.25) is 0 Å². The monoisotopic (exact) mass is 260 g/mol. The van der Waals surface area contributed by atoms with Crippen molar-refractivity contribution in [2.45, 2.75) is 25.7 Å². The van der Waals surface area contributed by atoms with E-state index in [1.165, 1.54) is 25.7 Å². The van der Waals surface area contributed by atoms with E-state index in [0.717, 1.165) is 18.4 Å². The number of carboxylic acid groups (broad SMARTS) is 1. The van der Waals surface area contributed by atoms with Crippen LogP contribution in [0.4, 0.5) is 5.82 Å². The average molecular weight is 260 g/mol. The number of pyridine rings is 1. The molecule has 2 bridgehead atoms. The molecule has 3 unspecified atom stereocenters. The van der Waals surface area contributed by atoms with E-state index in [1.807, 2.05) is 11.9 Å². The van der Waals surface area contributed by atoms with Crippen LogP contribution < -0.4 is 4.90 Å². The van der Waals surface area contributed by atoms with Crippen molar-refractivity contribution in [2.75, 3.05) is 18.5 Å². The van der Waals surface area contributed by atoms with Gasteiger partial charge in [0.05, 0.1) is 0 Å². The number of aromatic nitrogens is 1. The van der Waals surface area contributed by atoms with Gasteiger partial charge in [-0.05, 0) is 49.1 Å². The molecule has 3 atom stereocenters. The molecule has 2 fully saturated rings. The van der Waals surface area contributed by atoms with Crippen molar-refractivity contribution in [3.63, 3.8) is 0 Å². The molecule has 0 aliphatic heterocycles. The van der Waals surface area contributed by atoms with E-state index in [-0.39, 0.29) is 0 Å². The van der Waals surface area contributed by atoms with E-state index in [1.54, 1.807) is 18.3 Å². The van der Waals surface area contributed by atoms with Crippen LogP contribution in [0.2, 0.25) is 0 Å². The fourth-order valence-electron chi connectivity index (χ4n) is 3.91. The van der Waals surface area contributed by atoms with Crippen molar-refractivity contribution < 1.29 is 9.90 Å². The van der Waals surface area contributed by atoms with Crippen LogP contribution >= 0.6 is 0 Å². The fourth-order valence-corrected chi connectivity index (χ4v) is 3.91. The quantitative estimate of drug-likeness (QED) is 0.904. The number of hydrogen-bond acceptors (Lipinski definition) is 3. The molecule has 0 spiro atoms. The van der Waals surface area contributed by atoms with Crippen LogP contribution in [0.5, 0.6) is 0 Å². The van der Waals surface area contributed by atoms with E-state index in [4.69, 9.17) is 0 Å². The molecule has 4 nitrogen and oxygen atoms in total. The van der Waals surface area contributed by atoms with Crippen molar-refractivity contribution in [2.24, 2.45) is 17.8 Å². The Hall–Kier alpha value is -1.58. The Morgan fingerprint density at radius 2 is 2.32 bits per heavy atom. The summed E-state index contributed by atoms with van der Waals surface area (Å²) in [4.78, 5) is 17.5. The van der Waals surface area contributed by atoms with E-state index in [2.05, 4.69) is 4.98 Å². The van der Waals surface area contributed by atoms with Crippen molar-refractivity contribution in [3.8, 4) is 0 Å². The van der Waals surface area contributed by atoms with Crippen LogP contribution in [0.3, 0.4) is 0 Å². The Morgan fingerprint density at radius 3 is 2.95 bits per heavy atom. The molecule has 3 rings (SSSR count). The number of carboxylic acids is 1. The maximum Gasteiger partial charge on any atom is 0.339 e. The molecular formula is C15H20N2O2. The molecule has 0 radical (unpaired) electrons. The molecule has 102 valence electrons. The zero-order valence-electron chi connectivity index (χ0n) is 11.2. The molecule has 1 aromatic rings. The van der Waals surface area contributed by atoms with Gasteiger partial charge in [-0.15, -0.1) is 0 Å². The summed E-state index contributed by atoms with van der Waals surface area (Å²) in [6.07, 6.45) is 7.11. The van der Waals surface area contributed by atoms with E-state index in [9.17, 15) is 9.90 Å². The predicted molar refractivity (Wildman–Crippen MR) is 73.4 cm³/mol. The lowest BCUT2D eigenvalue weighted by molar-refractivity contribution is 0.0697. The van der Waals surface area contributed by atoms with Gasteiger partial charge in [-0.3, -0.25) is 0 Å². The van der Waals surface area contributed by atoms with Crippen LogP contribution in [-0.4, -0.2) is 29.7 Å². The van der Waals surface area contributed by atoms with Gasteiger partial charge in [0.15, 0.2) is 0 Å². The minimum atomic E-state index is -0.900. The number of hydrogen-bond donors (Lipinski definition) is 1. The summed E-state index contributed by atoms with van der Waals surface area (Å²) >= 11 is 0. The zero-order valence-corrected chi connectivity index (χ0v) is 11.2. The number of fused-ring (bicyclic) bond motifs is 2. The molecule has 0 amide bonds. The van der Waals surface area contributed by atoms with Gasteiger partial charge in [-0.25, -0.2) is 9.78 Å². The van der Waals surface area contributed by atoms with E-state index < -0.39 is 5.97 Å². The Morgan fingerprint density at radius 1 is 1.47 bits per heavy atom. The summed E-state index contributed by atoms with van der Waals surface area (Å²) in [6.45, 7) is 0.929. The van der Waals surface area contributed by atoms with Crippen molar-refractivity contribution in [3.05, 3.63) is 23.9 Å². The van der Waals surface area contributed by atoms with E-state index in [0.29, 0.717) is 17.3 Å². The molecule has 4 heteroatoms. The molecular weight excluding hydrogens is 240 g/mol. The van der Waals surface area contributed by atoms with Gasteiger partial charge < -0.3 is 10.0 Å². The molecule has 2 aliphatic rings. The summed E-state index contributed by atoms with van der Waals surface area (Å²) < 4.78 is 0. The molecule has 19 heavy (non-hydrogen) atoms. The minimum Gasteiger partial charge on any atom is -0.478 e.